The zero-order chi connectivity index (χ0) is 12.9. The summed E-state index contributed by atoms with van der Waals surface area (Å²) in [6.07, 6.45) is 2.76. The SMILES string of the molecule is CNC(CCS(C)(=O)=O)Cc1cccc(Br)c1. The molecule has 0 fully saturated rings. The monoisotopic (exact) mass is 319 g/mol. The Morgan fingerprint density at radius 2 is 2.12 bits per heavy atom. The summed E-state index contributed by atoms with van der Waals surface area (Å²) in [7, 11) is -1.01. The van der Waals surface area contributed by atoms with Gasteiger partial charge in [0.1, 0.15) is 9.84 Å². The van der Waals surface area contributed by atoms with Crippen molar-refractivity contribution in [3.63, 3.8) is 0 Å². The normalized spacial score (nSPS) is 13.6. The standard InChI is InChI=1S/C12H18BrNO2S/c1-14-12(6-7-17(2,15)16)9-10-4-3-5-11(13)8-10/h3-5,8,12,14H,6-7,9H2,1-2H3. The summed E-state index contributed by atoms with van der Waals surface area (Å²) in [4.78, 5) is 0. The second-order valence-electron chi connectivity index (χ2n) is 4.24. The van der Waals surface area contributed by atoms with Crippen molar-refractivity contribution < 1.29 is 8.42 Å². The van der Waals surface area contributed by atoms with Crippen LogP contribution in [0.5, 0.6) is 0 Å². The Hall–Kier alpha value is -0.390. The smallest absolute Gasteiger partial charge is 0.147 e. The minimum absolute atomic E-state index is 0.194. The molecule has 0 saturated heterocycles. The highest BCUT2D eigenvalue weighted by atomic mass is 79.9. The second kappa shape index (κ2) is 6.52. The van der Waals surface area contributed by atoms with Gasteiger partial charge < -0.3 is 5.32 Å². The van der Waals surface area contributed by atoms with Crippen molar-refractivity contribution in [1.82, 2.24) is 5.32 Å². The van der Waals surface area contributed by atoms with E-state index in [2.05, 4.69) is 33.4 Å². The third-order valence-electron chi connectivity index (χ3n) is 2.62. The first kappa shape index (κ1) is 14.7. The fraction of sp³-hybridized carbons (Fsp3) is 0.500. The van der Waals surface area contributed by atoms with Gasteiger partial charge in [-0.15, -0.1) is 0 Å². The van der Waals surface area contributed by atoms with E-state index < -0.39 is 9.84 Å². The van der Waals surface area contributed by atoms with Crippen molar-refractivity contribution >= 4 is 25.8 Å². The summed E-state index contributed by atoms with van der Waals surface area (Å²) in [5.41, 5.74) is 1.20. The van der Waals surface area contributed by atoms with Gasteiger partial charge in [-0.05, 0) is 37.6 Å². The molecule has 0 aliphatic carbocycles. The molecule has 5 heteroatoms. The Morgan fingerprint density at radius 3 is 2.65 bits per heavy atom. The van der Waals surface area contributed by atoms with Crippen LogP contribution in [-0.2, 0) is 16.3 Å². The number of halogens is 1. The molecule has 1 aromatic rings. The summed E-state index contributed by atoms with van der Waals surface area (Å²) >= 11 is 3.43. The van der Waals surface area contributed by atoms with Crippen molar-refractivity contribution in [2.45, 2.75) is 18.9 Å². The number of sulfone groups is 1. The molecule has 96 valence electrons. The molecule has 0 heterocycles. The van der Waals surface area contributed by atoms with Crippen LogP contribution in [0.25, 0.3) is 0 Å². The average Bonchev–Trinajstić information content (AvgIpc) is 2.23. The number of rotatable bonds is 6. The molecule has 0 bridgehead atoms. The Balaban J connectivity index is 2.58. The Labute approximate surface area is 112 Å². The first-order valence-electron chi connectivity index (χ1n) is 5.50. The minimum Gasteiger partial charge on any atom is -0.317 e. The van der Waals surface area contributed by atoms with Crippen molar-refractivity contribution in [3.05, 3.63) is 34.3 Å². The Morgan fingerprint density at radius 1 is 1.41 bits per heavy atom. The number of hydrogen-bond donors (Lipinski definition) is 1. The molecule has 0 aliphatic rings. The van der Waals surface area contributed by atoms with Crippen LogP contribution in [0.4, 0.5) is 0 Å². The molecule has 17 heavy (non-hydrogen) atoms. The molecule has 1 unspecified atom stereocenters. The highest BCUT2D eigenvalue weighted by Gasteiger charge is 2.11. The predicted molar refractivity (Wildman–Crippen MR) is 75.0 cm³/mol. The average molecular weight is 320 g/mol. The maximum Gasteiger partial charge on any atom is 0.147 e. The van der Waals surface area contributed by atoms with E-state index in [1.165, 1.54) is 11.8 Å². The molecule has 0 amide bonds. The van der Waals surface area contributed by atoms with Crippen LogP contribution in [0.15, 0.2) is 28.7 Å². The van der Waals surface area contributed by atoms with E-state index in [1.54, 1.807) is 0 Å². The fourth-order valence-electron chi connectivity index (χ4n) is 1.65. The van der Waals surface area contributed by atoms with Crippen LogP contribution in [0.2, 0.25) is 0 Å². The van der Waals surface area contributed by atoms with E-state index in [-0.39, 0.29) is 11.8 Å². The molecule has 0 aliphatic heterocycles. The number of nitrogens with one attached hydrogen (secondary N) is 1. The first-order chi connectivity index (χ1) is 7.90. The quantitative estimate of drug-likeness (QED) is 0.872. The van der Waals surface area contributed by atoms with Gasteiger partial charge in [-0.2, -0.15) is 0 Å². The van der Waals surface area contributed by atoms with Gasteiger partial charge in [0.05, 0.1) is 5.75 Å². The van der Waals surface area contributed by atoms with Gasteiger partial charge in [-0.1, -0.05) is 28.1 Å². The Bertz CT molecular complexity index is 459. The van der Waals surface area contributed by atoms with Crippen LogP contribution in [0.3, 0.4) is 0 Å². The number of hydrogen-bond acceptors (Lipinski definition) is 3. The number of likely N-dealkylation sites (N-methyl/N-ethyl adjacent to an activating group) is 1. The van der Waals surface area contributed by atoms with Crippen molar-refractivity contribution in [2.24, 2.45) is 0 Å². The third kappa shape index (κ3) is 6.19. The van der Waals surface area contributed by atoms with Crippen LogP contribution < -0.4 is 5.32 Å². The lowest BCUT2D eigenvalue weighted by Crippen LogP contribution is -2.29. The molecular weight excluding hydrogens is 302 g/mol. The van der Waals surface area contributed by atoms with Gasteiger partial charge in [-0.25, -0.2) is 8.42 Å². The largest absolute Gasteiger partial charge is 0.317 e. The third-order valence-corrected chi connectivity index (χ3v) is 4.09. The molecule has 1 aromatic carbocycles. The van der Waals surface area contributed by atoms with Gasteiger partial charge in [0, 0.05) is 16.8 Å². The van der Waals surface area contributed by atoms with E-state index in [4.69, 9.17) is 0 Å². The van der Waals surface area contributed by atoms with E-state index in [1.807, 2.05) is 19.2 Å². The summed E-state index contributed by atoms with van der Waals surface area (Å²) < 4.78 is 23.3. The van der Waals surface area contributed by atoms with E-state index in [9.17, 15) is 8.42 Å². The minimum atomic E-state index is -2.88. The van der Waals surface area contributed by atoms with Gasteiger partial charge in [0.2, 0.25) is 0 Å². The molecule has 0 aromatic heterocycles. The second-order valence-corrected chi connectivity index (χ2v) is 7.41. The lowest BCUT2D eigenvalue weighted by molar-refractivity contribution is 0.534. The zero-order valence-corrected chi connectivity index (χ0v) is 12.5. The van der Waals surface area contributed by atoms with Crippen molar-refractivity contribution in [2.75, 3.05) is 19.1 Å². The Kier molecular flexibility index (Phi) is 5.62. The zero-order valence-electron chi connectivity index (χ0n) is 10.1. The van der Waals surface area contributed by atoms with Crippen molar-refractivity contribution in [3.8, 4) is 0 Å². The molecular formula is C12H18BrNO2S. The highest BCUT2D eigenvalue weighted by Crippen LogP contribution is 2.14. The van der Waals surface area contributed by atoms with E-state index in [0.29, 0.717) is 6.42 Å². The molecule has 0 saturated carbocycles. The van der Waals surface area contributed by atoms with E-state index in [0.717, 1.165) is 10.9 Å². The molecule has 0 spiro atoms. The van der Waals surface area contributed by atoms with E-state index >= 15 is 0 Å². The fourth-order valence-corrected chi connectivity index (χ4v) is 2.81. The topological polar surface area (TPSA) is 46.2 Å². The lowest BCUT2D eigenvalue weighted by atomic mass is 10.0. The van der Waals surface area contributed by atoms with Crippen LogP contribution in [0, 0.1) is 0 Å². The first-order valence-corrected chi connectivity index (χ1v) is 8.35. The van der Waals surface area contributed by atoms with Gasteiger partial charge >= 0.3 is 0 Å². The lowest BCUT2D eigenvalue weighted by Gasteiger charge is -2.15. The predicted octanol–water partition coefficient (Wildman–Crippen LogP) is 2.01. The molecule has 1 rings (SSSR count). The van der Waals surface area contributed by atoms with Crippen LogP contribution in [-0.4, -0.2) is 33.5 Å². The molecule has 3 nitrogen and oxygen atoms in total. The summed E-state index contributed by atoms with van der Waals surface area (Å²) in [6.45, 7) is 0. The maximum atomic E-state index is 11.1. The molecule has 0 radical (unpaired) electrons. The van der Waals surface area contributed by atoms with Crippen molar-refractivity contribution in [1.29, 1.82) is 0 Å². The maximum absolute atomic E-state index is 11.1. The van der Waals surface area contributed by atoms with Gasteiger partial charge in [-0.3, -0.25) is 0 Å². The van der Waals surface area contributed by atoms with Crippen LogP contribution >= 0.6 is 15.9 Å². The summed E-state index contributed by atoms with van der Waals surface area (Å²) in [5.74, 6) is 0.229. The summed E-state index contributed by atoms with van der Waals surface area (Å²) in [6, 6.07) is 8.27. The number of benzene rings is 1. The highest BCUT2D eigenvalue weighted by molar-refractivity contribution is 9.10. The molecule has 1 N–H and O–H groups in total. The van der Waals surface area contributed by atoms with Gasteiger partial charge in [0.25, 0.3) is 0 Å². The molecule has 1 atom stereocenters. The summed E-state index contributed by atoms with van der Waals surface area (Å²) in [5, 5.41) is 3.16. The van der Waals surface area contributed by atoms with Crippen LogP contribution in [0.1, 0.15) is 12.0 Å². The van der Waals surface area contributed by atoms with Gasteiger partial charge in [0.15, 0.2) is 0 Å².